The van der Waals surface area contributed by atoms with E-state index in [1.807, 2.05) is 35.9 Å². The minimum Gasteiger partial charge on any atom is -0.348 e. The number of hydrogen-bond donors (Lipinski definition) is 1. The monoisotopic (exact) mass is 360 g/mol. The van der Waals surface area contributed by atoms with Crippen LogP contribution in [0.3, 0.4) is 0 Å². The van der Waals surface area contributed by atoms with Crippen LogP contribution in [0, 0.1) is 5.82 Å². The van der Waals surface area contributed by atoms with Crippen molar-refractivity contribution in [1.29, 1.82) is 0 Å². The van der Waals surface area contributed by atoms with Gasteiger partial charge in [-0.3, -0.25) is 9.78 Å². The number of amides is 1. The van der Waals surface area contributed by atoms with Crippen LogP contribution < -0.4 is 5.32 Å². The van der Waals surface area contributed by atoms with Gasteiger partial charge in [-0.05, 0) is 47.0 Å². The number of aryl methyl sites for hydroxylation is 1. The van der Waals surface area contributed by atoms with Gasteiger partial charge in [0.15, 0.2) is 0 Å². The molecule has 0 spiro atoms. The molecule has 0 saturated carbocycles. The maximum absolute atomic E-state index is 13.6. The fourth-order valence-corrected chi connectivity index (χ4v) is 3.08. The summed E-state index contributed by atoms with van der Waals surface area (Å²) in [6.45, 7) is 0.371. The van der Waals surface area contributed by atoms with E-state index in [0.717, 1.165) is 16.6 Å². The summed E-state index contributed by atoms with van der Waals surface area (Å²) in [4.78, 5) is 21.3. The zero-order chi connectivity index (χ0) is 18.8. The Morgan fingerprint density at radius 3 is 2.81 bits per heavy atom. The Morgan fingerprint density at radius 1 is 1.15 bits per heavy atom. The lowest BCUT2D eigenvalue weighted by Crippen LogP contribution is -2.23. The third-order valence-electron chi connectivity index (χ3n) is 4.39. The van der Waals surface area contributed by atoms with Gasteiger partial charge in [0.25, 0.3) is 5.91 Å². The number of imidazole rings is 1. The molecule has 1 amide bonds. The number of carbonyl (C=O) groups excluding carboxylic acids is 1. The van der Waals surface area contributed by atoms with E-state index in [2.05, 4.69) is 15.3 Å². The molecule has 0 unspecified atom stereocenters. The van der Waals surface area contributed by atoms with Gasteiger partial charge in [0.1, 0.15) is 5.82 Å². The van der Waals surface area contributed by atoms with Crippen LogP contribution in [0.25, 0.3) is 22.2 Å². The predicted octanol–water partition coefficient (Wildman–Crippen LogP) is 3.70. The Hall–Kier alpha value is -3.54. The van der Waals surface area contributed by atoms with E-state index in [4.69, 9.17) is 0 Å². The first-order valence-electron chi connectivity index (χ1n) is 8.50. The maximum Gasteiger partial charge on any atom is 0.253 e. The van der Waals surface area contributed by atoms with Gasteiger partial charge in [-0.2, -0.15) is 0 Å². The van der Waals surface area contributed by atoms with Crippen molar-refractivity contribution in [2.45, 2.75) is 6.54 Å². The fourth-order valence-electron chi connectivity index (χ4n) is 3.08. The van der Waals surface area contributed by atoms with E-state index in [9.17, 15) is 9.18 Å². The molecule has 4 aromatic rings. The average molecular weight is 360 g/mol. The second kappa shape index (κ2) is 6.99. The van der Waals surface area contributed by atoms with Crippen LogP contribution in [0.5, 0.6) is 0 Å². The molecule has 0 aliphatic carbocycles. The average Bonchev–Trinajstić information content (AvgIpc) is 3.07. The second-order valence-corrected chi connectivity index (χ2v) is 6.30. The van der Waals surface area contributed by atoms with Crippen molar-refractivity contribution in [2.75, 3.05) is 0 Å². The van der Waals surface area contributed by atoms with E-state index >= 15 is 0 Å². The van der Waals surface area contributed by atoms with Gasteiger partial charge < -0.3 is 9.88 Å². The normalized spacial score (nSPS) is 10.9. The third kappa shape index (κ3) is 3.42. The molecule has 0 aliphatic rings. The molecule has 0 radical (unpaired) electrons. The summed E-state index contributed by atoms with van der Waals surface area (Å²) in [7, 11) is 1.84. The molecule has 1 N–H and O–H groups in total. The quantitative estimate of drug-likeness (QED) is 0.604. The van der Waals surface area contributed by atoms with Crippen LogP contribution in [0.1, 0.15) is 15.9 Å². The van der Waals surface area contributed by atoms with Crippen LogP contribution in [-0.2, 0) is 13.6 Å². The number of halogens is 1. The number of benzene rings is 2. The lowest BCUT2D eigenvalue weighted by atomic mass is 10.0. The Morgan fingerprint density at radius 2 is 2.04 bits per heavy atom. The molecule has 2 aromatic heterocycles. The highest BCUT2D eigenvalue weighted by Crippen LogP contribution is 2.27. The van der Waals surface area contributed by atoms with Gasteiger partial charge in [-0.1, -0.05) is 18.2 Å². The number of rotatable bonds is 4. The maximum atomic E-state index is 13.6. The zero-order valence-electron chi connectivity index (χ0n) is 14.7. The van der Waals surface area contributed by atoms with Crippen molar-refractivity contribution >= 4 is 16.9 Å². The van der Waals surface area contributed by atoms with Gasteiger partial charge in [0, 0.05) is 26.0 Å². The number of nitrogens with zero attached hydrogens (tertiary/aromatic N) is 3. The summed E-state index contributed by atoms with van der Waals surface area (Å²) in [5.74, 6) is -0.540. The molecule has 134 valence electrons. The van der Waals surface area contributed by atoms with Crippen LogP contribution in [0.2, 0.25) is 0 Å². The van der Waals surface area contributed by atoms with E-state index in [1.165, 1.54) is 12.1 Å². The van der Waals surface area contributed by atoms with Crippen molar-refractivity contribution in [1.82, 2.24) is 19.9 Å². The highest BCUT2D eigenvalue weighted by atomic mass is 19.1. The lowest BCUT2D eigenvalue weighted by Gasteiger charge is -2.10. The van der Waals surface area contributed by atoms with Crippen molar-refractivity contribution in [3.05, 3.63) is 84.2 Å². The summed E-state index contributed by atoms with van der Waals surface area (Å²) in [6, 6.07) is 13.7. The molecule has 0 bridgehead atoms. The minimum atomic E-state index is -0.323. The molecular weight excluding hydrogens is 343 g/mol. The van der Waals surface area contributed by atoms with E-state index < -0.39 is 0 Å². The molecule has 0 aliphatic heterocycles. The van der Waals surface area contributed by atoms with Crippen LogP contribution in [0.15, 0.2) is 67.3 Å². The molecule has 2 heterocycles. The molecule has 0 fully saturated rings. The Labute approximate surface area is 155 Å². The van der Waals surface area contributed by atoms with Crippen molar-refractivity contribution < 1.29 is 9.18 Å². The Bertz CT molecular complexity index is 1120. The largest absolute Gasteiger partial charge is 0.348 e. The van der Waals surface area contributed by atoms with Gasteiger partial charge in [-0.15, -0.1) is 0 Å². The molecule has 27 heavy (non-hydrogen) atoms. The minimum absolute atomic E-state index is 0.217. The summed E-state index contributed by atoms with van der Waals surface area (Å²) in [5, 5.41) is 2.92. The highest BCUT2D eigenvalue weighted by molar-refractivity contribution is 6.06. The number of nitrogens with one attached hydrogen (secondary N) is 1. The number of hydrogen-bond acceptors (Lipinski definition) is 3. The molecule has 0 saturated heterocycles. The first-order chi connectivity index (χ1) is 13.1. The SMILES string of the molecule is Cn1cnc2cc(-c3cccc(F)c3)cc(C(=O)NCc3cccnc3)c21. The molecular formula is C21H17FN4O. The van der Waals surface area contributed by atoms with E-state index in [0.29, 0.717) is 23.2 Å². The second-order valence-electron chi connectivity index (χ2n) is 6.30. The fraction of sp³-hybridized carbons (Fsp3) is 0.0952. The molecule has 0 atom stereocenters. The highest BCUT2D eigenvalue weighted by Gasteiger charge is 2.16. The summed E-state index contributed by atoms with van der Waals surface area (Å²) >= 11 is 0. The van der Waals surface area contributed by atoms with Gasteiger partial charge >= 0.3 is 0 Å². The summed E-state index contributed by atoms with van der Waals surface area (Å²) in [6.07, 6.45) is 5.06. The van der Waals surface area contributed by atoms with Crippen molar-refractivity contribution in [3.63, 3.8) is 0 Å². The topological polar surface area (TPSA) is 59.8 Å². The van der Waals surface area contributed by atoms with Crippen LogP contribution in [-0.4, -0.2) is 20.4 Å². The van der Waals surface area contributed by atoms with Crippen LogP contribution in [0.4, 0.5) is 4.39 Å². The van der Waals surface area contributed by atoms with Crippen LogP contribution >= 0.6 is 0 Å². The third-order valence-corrected chi connectivity index (χ3v) is 4.39. The van der Waals surface area contributed by atoms with Gasteiger partial charge in [0.05, 0.1) is 22.9 Å². The zero-order valence-corrected chi connectivity index (χ0v) is 14.7. The Balaban J connectivity index is 1.74. The van der Waals surface area contributed by atoms with Crippen molar-refractivity contribution in [3.8, 4) is 11.1 Å². The molecule has 6 heteroatoms. The first-order valence-corrected chi connectivity index (χ1v) is 8.50. The Kier molecular flexibility index (Phi) is 4.38. The van der Waals surface area contributed by atoms with Gasteiger partial charge in [-0.25, -0.2) is 9.37 Å². The first kappa shape index (κ1) is 16.9. The standard InChI is InChI=1S/C21H17FN4O/c1-26-13-25-19-10-16(15-5-2-6-17(22)8-15)9-18(20(19)26)21(27)24-12-14-4-3-7-23-11-14/h2-11,13H,12H2,1H3,(H,24,27). The summed E-state index contributed by atoms with van der Waals surface area (Å²) < 4.78 is 15.4. The number of fused-ring (bicyclic) bond motifs is 1. The van der Waals surface area contributed by atoms with Crippen molar-refractivity contribution in [2.24, 2.45) is 7.05 Å². The van der Waals surface area contributed by atoms with Gasteiger partial charge in [0.2, 0.25) is 0 Å². The molecule has 5 nitrogen and oxygen atoms in total. The summed E-state index contributed by atoms with van der Waals surface area (Å²) in [5.41, 5.74) is 4.27. The molecule has 4 rings (SSSR count). The smallest absolute Gasteiger partial charge is 0.253 e. The number of aromatic nitrogens is 3. The van der Waals surface area contributed by atoms with E-state index in [-0.39, 0.29) is 11.7 Å². The number of carbonyl (C=O) groups is 1. The predicted molar refractivity (Wildman–Crippen MR) is 102 cm³/mol. The molecule has 2 aromatic carbocycles. The van der Waals surface area contributed by atoms with E-state index in [1.54, 1.807) is 30.9 Å². The number of pyridine rings is 1. The lowest BCUT2D eigenvalue weighted by molar-refractivity contribution is 0.0952.